The van der Waals surface area contributed by atoms with Gasteiger partial charge in [0.05, 0.1) is 17.0 Å². The number of likely N-dealkylation sites (tertiary alicyclic amines) is 1. The molecule has 1 fully saturated rings. The van der Waals surface area contributed by atoms with Crippen molar-refractivity contribution >= 4 is 50.6 Å². The first-order valence-corrected chi connectivity index (χ1v) is 12.4. The lowest BCUT2D eigenvalue weighted by Gasteiger charge is -2.26. The molecule has 0 bridgehead atoms. The molecule has 1 atom stereocenters. The van der Waals surface area contributed by atoms with E-state index in [2.05, 4.69) is 27.1 Å². The first kappa shape index (κ1) is 22.3. The summed E-state index contributed by atoms with van der Waals surface area (Å²) in [6, 6.07) is 5.09. The van der Waals surface area contributed by atoms with Gasteiger partial charge in [0.1, 0.15) is 22.8 Å². The van der Waals surface area contributed by atoms with Crippen LogP contribution in [0.1, 0.15) is 30.2 Å². The Morgan fingerprint density at radius 1 is 1.36 bits per heavy atom. The van der Waals surface area contributed by atoms with E-state index < -0.39 is 5.82 Å². The van der Waals surface area contributed by atoms with Crippen molar-refractivity contribution in [1.82, 2.24) is 19.8 Å². The minimum atomic E-state index is -0.461. The Hall–Kier alpha value is -2.55. The van der Waals surface area contributed by atoms with E-state index >= 15 is 0 Å². The van der Waals surface area contributed by atoms with Crippen molar-refractivity contribution in [2.24, 2.45) is 0 Å². The third-order valence-corrected chi connectivity index (χ3v) is 7.84. The standard InChI is InChI=1S/C24H25ClFN5OS/c1-15-4-2-9-30(15)10-3-5-21(32)31-11-8-17-20(13-31)33-24-22(17)23(27-14-28-24)29-16-6-7-19(26)18(25)12-16/h3,5-7,12,14-15H,2,4,8-11,13H2,1H3,(H,27,28,29). The van der Waals surface area contributed by atoms with Crippen LogP contribution in [0.3, 0.4) is 0 Å². The largest absolute Gasteiger partial charge is 0.340 e. The second-order valence-electron chi connectivity index (χ2n) is 8.56. The first-order chi connectivity index (χ1) is 16.0. The van der Waals surface area contributed by atoms with E-state index in [1.165, 1.54) is 30.8 Å². The average molecular weight is 486 g/mol. The summed E-state index contributed by atoms with van der Waals surface area (Å²) in [6.45, 7) is 5.40. The number of hydrogen-bond acceptors (Lipinski definition) is 6. The number of thiophene rings is 1. The Morgan fingerprint density at radius 2 is 2.24 bits per heavy atom. The second-order valence-corrected chi connectivity index (χ2v) is 10.0. The maximum Gasteiger partial charge on any atom is 0.246 e. The molecule has 172 valence electrons. The number of anilines is 2. The van der Waals surface area contributed by atoms with Crippen molar-refractivity contribution < 1.29 is 9.18 Å². The number of hydrogen-bond donors (Lipinski definition) is 1. The number of nitrogens with one attached hydrogen (secondary N) is 1. The number of carbonyl (C=O) groups is 1. The summed E-state index contributed by atoms with van der Waals surface area (Å²) in [6.07, 6.45) is 8.43. The van der Waals surface area contributed by atoms with Gasteiger partial charge in [-0.1, -0.05) is 17.7 Å². The molecule has 33 heavy (non-hydrogen) atoms. The fourth-order valence-electron chi connectivity index (χ4n) is 4.58. The van der Waals surface area contributed by atoms with Crippen molar-refractivity contribution in [2.45, 2.75) is 38.8 Å². The van der Waals surface area contributed by atoms with Crippen LogP contribution >= 0.6 is 22.9 Å². The van der Waals surface area contributed by atoms with Crippen LogP contribution in [0, 0.1) is 5.82 Å². The molecule has 1 saturated heterocycles. The fraction of sp³-hybridized carbons (Fsp3) is 0.375. The zero-order valence-corrected chi connectivity index (χ0v) is 19.9. The molecule has 0 radical (unpaired) electrons. The average Bonchev–Trinajstić information content (AvgIpc) is 3.39. The van der Waals surface area contributed by atoms with Crippen LogP contribution < -0.4 is 5.32 Å². The molecule has 1 amide bonds. The summed E-state index contributed by atoms with van der Waals surface area (Å²) in [4.78, 5) is 28.0. The van der Waals surface area contributed by atoms with E-state index in [-0.39, 0.29) is 10.9 Å². The SMILES string of the molecule is CC1CCCN1CC=CC(=O)N1CCc2c(sc3ncnc(Nc4ccc(F)c(Cl)c4)c23)C1. The number of rotatable bonds is 5. The summed E-state index contributed by atoms with van der Waals surface area (Å²) in [5, 5.41) is 4.27. The van der Waals surface area contributed by atoms with Gasteiger partial charge in [-0.15, -0.1) is 11.3 Å². The van der Waals surface area contributed by atoms with E-state index in [0.717, 1.165) is 34.6 Å². The summed E-state index contributed by atoms with van der Waals surface area (Å²) in [7, 11) is 0. The molecule has 1 N–H and O–H groups in total. The molecule has 0 aliphatic carbocycles. The predicted molar refractivity (Wildman–Crippen MR) is 131 cm³/mol. The number of aromatic nitrogens is 2. The number of amides is 1. The van der Waals surface area contributed by atoms with Crippen molar-refractivity contribution in [3.8, 4) is 0 Å². The molecule has 9 heteroatoms. The van der Waals surface area contributed by atoms with Gasteiger partial charge in [-0.2, -0.15) is 0 Å². The Morgan fingerprint density at radius 3 is 3.03 bits per heavy atom. The second kappa shape index (κ2) is 9.37. The molecule has 5 rings (SSSR count). The highest BCUT2D eigenvalue weighted by atomic mass is 35.5. The highest BCUT2D eigenvalue weighted by Gasteiger charge is 2.26. The quantitative estimate of drug-likeness (QED) is 0.506. The van der Waals surface area contributed by atoms with Gasteiger partial charge in [0, 0.05) is 35.8 Å². The zero-order valence-electron chi connectivity index (χ0n) is 18.4. The lowest BCUT2D eigenvalue weighted by molar-refractivity contribution is -0.126. The molecule has 0 spiro atoms. The molecule has 4 heterocycles. The first-order valence-electron chi connectivity index (χ1n) is 11.2. The lowest BCUT2D eigenvalue weighted by atomic mass is 10.0. The van der Waals surface area contributed by atoms with Gasteiger partial charge in [0.25, 0.3) is 0 Å². The smallest absolute Gasteiger partial charge is 0.246 e. The van der Waals surface area contributed by atoms with Crippen LogP contribution in [0.4, 0.5) is 15.9 Å². The van der Waals surface area contributed by atoms with E-state index in [1.54, 1.807) is 29.5 Å². The van der Waals surface area contributed by atoms with E-state index in [9.17, 15) is 9.18 Å². The Balaban J connectivity index is 1.32. The molecule has 6 nitrogen and oxygen atoms in total. The number of fused-ring (bicyclic) bond motifs is 3. The van der Waals surface area contributed by atoms with E-state index in [1.807, 2.05) is 11.0 Å². The maximum absolute atomic E-state index is 13.5. The van der Waals surface area contributed by atoms with Crippen LogP contribution in [-0.2, 0) is 17.8 Å². The molecule has 2 aromatic heterocycles. The molecule has 2 aliphatic heterocycles. The van der Waals surface area contributed by atoms with Gasteiger partial charge < -0.3 is 10.2 Å². The molecule has 3 aromatic rings. The minimum absolute atomic E-state index is 0.0512. The van der Waals surface area contributed by atoms with Crippen molar-refractivity contribution in [2.75, 3.05) is 25.0 Å². The molecule has 1 unspecified atom stereocenters. The molecular formula is C24H25ClFN5OS. The van der Waals surface area contributed by atoms with Crippen LogP contribution in [0.25, 0.3) is 10.2 Å². The third-order valence-electron chi connectivity index (χ3n) is 6.42. The summed E-state index contributed by atoms with van der Waals surface area (Å²) < 4.78 is 13.5. The van der Waals surface area contributed by atoms with Gasteiger partial charge in [0.2, 0.25) is 5.91 Å². The Bertz CT molecular complexity index is 1230. The maximum atomic E-state index is 13.5. The Labute approximate surface area is 201 Å². The van der Waals surface area contributed by atoms with Crippen molar-refractivity contribution in [1.29, 1.82) is 0 Å². The molecular weight excluding hydrogens is 461 g/mol. The number of carbonyl (C=O) groups excluding carboxylic acids is 1. The minimum Gasteiger partial charge on any atom is -0.340 e. The van der Waals surface area contributed by atoms with E-state index in [4.69, 9.17) is 11.6 Å². The predicted octanol–water partition coefficient (Wildman–Crippen LogP) is 5.15. The molecule has 2 aliphatic rings. The van der Waals surface area contributed by atoms with Crippen LogP contribution in [-0.4, -0.2) is 51.4 Å². The van der Waals surface area contributed by atoms with Gasteiger partial charge in [-0.05, 0) is 56.5 Å². The van der Waals surface area contributed by atoms with Crippen LogP contribution in [0.15, 0.2) is 36.7 Å². The third kappa shape index (κ3) is 4.60. The highest BCUT2D eigenvalue weighted by Crippen LogP contribution is 2.38. The zero-order chi connectivity index (χ0) is 22.9. The van der Waals surface area contributed by atoms with Gasteiger partial charge in [-0.25, -0.2) is 14.4 Å². The topological polar surface area (TPSA) is 61.4 Å². The lowest BCUT2D eigenvalue weighted by Crippen LogP contribution is -2.34. The number of nitrogens with zero attached hydrogens (tertiary/aromatic N) is 4. The van der Waals surface area contributed by atoms with Crippen molar-refractivity contribution in [3.63, 3.8) is 0 Å². The van der Waals surface area contributed by atoms with Gasteiger partial charge in [-0.3, -0.25) is 9.69 Å². The summed E-state index contributed by atoms with van der Waals surface area (Å²) >= 11 is 7.52. The van der Waals surface area contributed by atoms with Crippen LogP contribution in [0.5, 0.6) is 0 Å². The molecule has 1 aromatic carbocycles. The number of halogens is 2. The normalized spacial score (nSPS) is 18.9. The van der Waals surface area contributed by atoms with Gasteiger partial charge in [0.15, 0.2) is 0 Å². The van der Waals surface area contributed by atoms with Crippen molar-refractivity contribution in [3.05, 3.63) is 58.0 Å². The molecule has 0 saturated carbocycles. The van der Waals surface area contributed by atoms with E-state index in [0.29, 0.717) is 30.6 Å². The van der Waals surface area contributed by atoms with Crippen LogP contribution in [0.2, 0.25) is 5.02 Å². The monoisotopic (exact) mass is 485 g/mol. The highest BCUT2D eigenvalue weighted by molar-refractivity contribution is 7.19. The fourth-order valence-corrected chi connectivity index (χ4v) is 5.96. The summed E-state index contributed by atoms with van der Waals surface area (Å²) in [5.74, 6) is 0.256. The summed E-state index contributed by atoms with van der Waals surface area (Å²) in [5.41, 5.74) is 1.83. The number of benzene rings is 1. The Kier molecular flexibility index (Phi) is 6.32. The van der Waals surface area contributed by atoms with Gasteiger partial charge >= 0.3 is 0 Å².